The zero-order chi connectivity index (χ0) is 12.8. The smallest absolute Gasteiger partial charge is 0.407 e. The van der Waals surface area contributed by atoms with Crippen molar-refractivity contribution in [3.63, 3.8) is 0 Å². The molecule has 0 heterocycles. The third-order valence-electron chi connectivity index (χ3n) is 1.34. The normalized spacial score (nSPS) is 11.1. The molecule has 0 spiro atoms. The predicted octanol–water partition coefficient (Wildman–Crippen LogP) is 0.899. The average molecular weight is 231 g/mol. The van der Waals surface area contributed by atoms with E-state index in [-0.39, 0.29) is 25.1 Å². The number of alkyl carbamates (subject to hydrolysis) is 1. The maximum absolute atomic E-state index is 11.1. The lowest BCUT2D eigenvalue weighted by Crippen LogP contribution is -2.35. The van der Waals surface area contributed by atoms with Crippen molar-refractivity contribution in [2.24, 2.45) is 0 Å². The van der Waals surface area contributed by atoms with Crippen molar-refractivity contribution >= 4 is 12.0 Å². The Kier molecular flexibility index (Phi) is 5.81. The summed E-state index contributed by atoms with van der Waals surface area (Å²) in [5.41, 5.74) is -0.554. The fourth-order valence-corrected chi connectivity index (χ4v) is 0.857. The number of hydrogen-bond acceptors (Lipinski definition) is 4. The molecule has 6 heteroatoms. The number of carbonyl (C=O) groups is 2. The number of amides is 2. The van der Waals surface area contributed by atoms with E-state index in [0.717, 1.165) is 0 Å². The van der Waals surface area contributed by atoms with Crippen molar-refractivity contribution in [2.75, 3.05) is 6.54 Å². The summed E-state index contributed by atoms with van der Waals surface area (Å²) in [6, 6.07) is 0. The van der Waals surface area contributed by atoms with Gasteiger partial charge in [0.15, 0.2) is 6.23 Å². The minimum Gasteiger partial charge on any atom is -0.444 e. The number of aliphatic hydroxyl groups excluding tert-OH is 1. The third-order valence-corrected chi connectivity index (χ3v) is 1.34. The summed E-state index contributed by atoms with van der Waals surface area (Å²) in [6.45, 7) is 6.78. The summed E-state index contributed by atoms with van der Waals surface area (Å²) in [6.07, 6.45) is -0.649. The molecule has 0 bridgehead atoms. The van der Waals surface area contributed by atoms with E-state index in [1.165, 1.54) is 6.92 Å². The van der Waals surface area contributed by atoms with E-state index in [1.807, 2.05) is 0 Å². The first-order valence-electron chi connectivity index (χ1n) is 5.00. The van der Waals surface area contributed by atoms with Gasteiger partial charge in [0.1, 0.15) is 5.60 Å². The average Bonchev–Trinajstić information content (AvgIpc) is 1.98. The molecule has 0 atom stereocenters. The highest BCUT2D eigenvalue weighted by Crippen LogP contribution is 2.06. The predicted molar refractivity (Wildman–Crippen MR) is 57.8 cm³/mol. The van der Waals surface area contributed by atoms with Crippen molar-refractivity contribution in [1.82, 2.24) is 10.6 Å². The van der Waals surface area contributed by atoms with Gasteiger partial charge in [-0.1, -0.05) is 0 Å². The summed E-state index contributed by atoms with van der Waals surface area (Å²) in [7, 11) is 0. The van der Waals surface area contributed by atoms with Gasteiger partial charge in [0.25, 0.3) is 0 Å². The number of aliphatic hydroxyl groups is 1. The SMILES string of the molecule is C[C](O)NC(=O)CCNC(=O)OC(C)(C)C. The van der Waals surface area contributed by atoms with Crippen LogP contribution in [0, 0.1) is 6.23 Å². The van der Waals surface area contributed by atoms with E-state index in [9.17, 15) is 9.59 Å². The second kappa shape index (κ2) is 6.32. The molecule has 3 N–H and O–H groups in total. The zero-order valence-corrected chi connectivity index (χ0v) is 10.1. The minimum absolute atomic E-state index is 0.0805. The molecule has 2 amide bonds. The minimum atomic E-state index is -0.565. The standard InChI is InChI=1S/C10H19N2O4/c1-7(13)12-8(14)5-6-11-9(15)16-10(2,3)4/h13H,5-6H2,1-4H3,(H,11,15)(H,12,14). The van der Waals surface area contributed by atoms with Crippen LogP contribution in [0.25, 0.3) is 0 Å². The van der Waals surface area contributed by atoms with Crippen LogP contribution in [0.2, 0.25) is 0 Å². The fourth-order valence-electron chi connectivity index (χ4n) is 0.857. The molecule has 0 rings (SSSR count). The summed E-state index contributed by atoms with van der Waals surface area (Å²) in [4.78, 5) is 22.2. The molecule has 0 aliphatic carbocycles. The molecule has 6 nitrogen and oxygen atoms in total. The number of nitrogens with one attached hydrogen (secondary N) is 2. The largest absolute Gasteiger partial charge is 0.444 e. The molecule has 16 heavy (non-hydrogen) atoms. The van der Waals surface area contributed by atoms with Crippen LogP contribution in [-0.4, -0.2) is 29.3 Å². The maximum Gasteiger partial charge on any atom is 0.407 e. The van der Waals surface area contributed by atoms with Crippen molar-refractivity contribution in [2.45, 2.75) is 39.7 Å². The Labute approximate surface area is 95.4 Å². The van der Waals surface area contributed by atoms with Crippen LogP contribution in [0.5, 0.6) is 0 Å². The van der Waals surface area contributed by atoms with E-state index in [1.54, 1.807) is 20.8 Å². The van der Waals surface area contributed by atoms with Crippen molar-refractivity contribution in [1.29, 1.82) is 0 Å². The molecule has 0 aliphatic rings. The first-order valence-corrected chi connectivity index (χ1v) is 5.00. The molecule has 0 fully saturated rings. The molecular weight excluding hydrogens is 212 g/mol. The third kappa shape index (κ3) is 9.26. The van der Waals surface area contributed by atoms with Gasteiger partial charge in [-0.05, 0) is 27.7 Å². The number of carbonyl (C=O) groups excluding carboxylic acids is 2. The second-order valence-corrected chi connectivity index (χ2v) is 4.31. The highest BCUT2D eigenvalue weighted by atomic mass is 16.6. The van der Waals surface area contributed by atoms with Crippen molar-refractivity contribution < 1.29 is 19.4 Å². The van der Waals surface area contributed by atoms with Crippen LogP contribution in [0.15, 0.2) is 0 Å². The van der Waals surface area contributed by atoms with Gasteiger partial charge in [0.2, 0.25) is 5.91 Å². The van der Waals surface area contributed by atoms with Gasteiger partial charge in [-0.3, -0.25) is 4.79 Å². The lowest BCUT2D eigenvalue weighted by Gasteiger charge is -2.19. The first-order chi connectivity index (χ1) is 7.20. The Morgan fingerprint density at radius 1 is 1.31 bits per heavy atom. The number of rotatable bonds is 4. The van der Waals surface area contributed by atoms with E-state index >= 15 is 0 Å². The summed E-state index contributed by atoms with van der Waals surface area (Å²) >= 11 is 0. The molecule has 0 aromatic heterocycles. The molecule has 0 saturated heterocycles. The molecule has 1 radical (unpaired) electrons. The lowest BCUT2D eigenvalue weighted by molar-refractivity contribution is -0.121. The summed E-state index contributed by atoms with van der Waals surface area (Å²) in [5.74, 6) is -0.365. The van der Waals surface area contributed by atoms with Crippen molar-refractivity contribution in [3.8, 4) is 0 Å². The number of hydrogen-bond donors (Lipinski definition) is 3. The fraction of sp³-hybridized carbons (Fsp3) is 0.700. The van der Waals surface area contributed by atoms with E-state index in [4.69, 9.17) is 9.84 Å². The van der Waals surface area contributed by atoms with E-state index in [2.05, 4.69) is 10.6 Å². The quantitative estimate of drug-likeness (QED) is 0.670. The lowest BCUT2D eigenvalue weighted by atomic mass is 10.2. The van der Waals surface area contributed by atoms with Gasteiger partial charge < -0.3 is 20.5 Å². The second-order valence-electron chi connectivity index (χ2n) is 4.31. The van der Waals surface area contributed by atoms with Crippen LogP contribution < -0.4 is 10.6 Å². The summed E-state index contributed by atoms with van der Waals surface area (Å²) < 4.78 is 4.96. The highest BCUT2D eigenvalue weighted by Gasteiger charge is 2.15. The van der Waals surface area contributed by atoms with E-state index < -0.39 is 11.7 Å². The maximum atomic E-state index is 11.1. The van der Waals surface area contributed by atoms with Crippen molar-refractivity contribution in [3.05, 3.63) is 6.23 Å². The van der Waals surface area contributed by atoms with Crippen LogP contribution in [0.3, 0.4) is 0 Å². The molecule has 0 saturated carbocycles. The number of ether oxygens (including phenoxy) is 1. The molecule has 93 valence electrons. The Morgan fingerprint density at radius 3 is 2.31 bits per heavy atom. The van der Waals surface area contributed by atoms with Gasteiger partial charge >= 0.3 is 6.09 Å². The molecule has 0 unspecified atom stereocenters. The first kappa shape index (κ1) is 14.7. The zero-order valence-electron chi connectivity index (χ0n) is 10.1. The highest BCUT2D eigenvalue weighted by molar-refractivity contribution is 5.77. The Bertz CT molecular complexity index is 246. The Morgan fingerprint density at radius 2 is 1.88 bits per heavy atom. The Balaban J connectivity index is 3.66. The van der Waals surface area contributed by atoms with Crippen LogP contribution >= 0.6 is 0 Å². The van der Waals surface area contributed by atoms with E-state index in [0.29, 0.717) is 0 Å². The van der Waals surface area contributed by atoms with Gasteiger partial charge in [-0.2, -0.15) is 0 Å². The van der Waals surface area contributed by atoms with Crippen LogP contribution in [0.1, 0.15) is 34.1 Å². The monoisotopic (exact) mass is 231 g/mol. The Hall–Kier alpha value is -1.30. The molecule has 0 aliphatic heterocycles. The molecule has 0 aromatic carbocycles. The van der Waals surface area contributed by atoms with Gasteiger partial charge in [0, 0.05) is 13.0 Å². The van der Waals surface area contributed by atoms with Gasteiger partial charge in [0.05, 0.1) is 0 Å². The van der Waals surface area contributed by atoms with Gasteiger partial charge in [-0.15, -0.1) is 0 Å². The van der Waals surface area contributed by atoms with Crippen LogP contribution in [0.4, 0.5) is 4.79 Å². The topological polar surface area (TPSA) is 87.7 Å². The van der Waals surface area contributed by atoms with Crippen LogP contribution in [-0.2, 0) is 9.53 Å². The molecule has 0 aromatic rings. The summed E-state index contributed by atoms with van der Waals surface area (Å²) in [5, 5.41) is 13.4. The molecular formula is C10H19N2O4. The van der Waals surface area contributed by atoms with Gasteiger partial charge in [-0.25, -0.2) is 4.79 Å².